The summed E-state index contributed by atoms with van der Waals surface area (Å²) < 4.78 is 19.4. The highest BCUT2D eigenvalue weighted by molar-refractivity contribution is 14.0. The quantitative estimate of drug-likeness (QED) is 0.292. The molecule has 142 valence electrons. The summed E-state index contributed by atoms with van der Waals surface area (Å²) in [6.07, 6.45) is 2.26. The van der Waals surface area contributed by atoms with Gasteiger partial charge in [-0.25, -0.2) is 4.39 Å². The van der Waals surface area contributed by atoms with E-state index in [4.69, 9.17) is 4.74 Å². The molecule has 0 radical (unpaired) electrons. The number of anilines is 1. The fourth-order valence-corrected chi connectivity index (χ4v) is 2.78. The van der Waals surface area contributed by atoms with Crippen LogP contribution >= 0.6 is 24.0 Å². The Balaban J connectivity index is 0.00000312. The van der Waals surface area contributed by atoms with Crippen molar-refractivity contribution in [2.75, 3.05) is 57.9 Å². The van der Waals surface area contributed by atoms with Crippen molar-refractivity contribution in [2.45, 2.75) is 19.8 Å². The van der Waals surface area contributed by atoms with Gasteiger partial charge >= 0.3 is 0 Å². The number of halogens is 2. The lowest BCUT2D eigenvalue weighted by atomic mass is 10.2. The number of rotatable bonds is 7. The smallest absolute Gasteiger partial charge is 0.193 e. The van der Waals surface area contributed by atoms with Crippen LogP contribution in [0, 0.1) is 5.82 Å². The van der Waals surface area contributed by atoms with Crippen LogP contribution in [0.3, 0.4) is 0 Å². The number of benzene rings is 1. The van der Waals surface area contributed by atoms with Crippen molar-refractivity contribution in [3.8, 4) is 0 Å². The zero-order valence-electron chi connectivity index (χ0n) is 15.2. The first kappa shape index (κ1) is 22.0. The Bertz CT molecular complexity index is 522. The molecule has 0 saturated carbocycles. The van der Waals surface area contributed by atoms with E-state index in [0.717, 1.165) is 58.1 Å². The van der Waals surface area contributed by atoms with Crippen molar-refractivity contribution in [1.29, 1.82) is 0 Å². The van der Waals surface area contributed by atoms with Crippen LogP contribution in [-0.2, 0) is 4.74 Å². The summed E-state index contributed by atoms with van der Waals surface area (Å²) >= 11 is 0. The van der Waals surface area contributed by atoms with Crippen LogP contribution in [0.15, 0.2) is 29.3 Å². The van der Waals surface area contributed by atoms with Crippen LogP contribution in [0.25, 0.3) is 0 Å². The summed E-state index contributed by atoms with van der Waals surface area (Å²) in [5.41, 5.74) is 0.685. The normalized spacial score (nSPS) is 15.1. The van der Waals surface area contributed by atoms with E-state index in [9.17, 15) is 4.39 Å². The zero-order chi connectivity index (χ0) is 17.2. The molecule has 5 nitrogen and oxygen atoms in total. The Kier molecular flexibility index (Phi) is 10.8. The van der Waals surface area contributed by atoms with E-state index < -0.39 is 0 Å². The number of piperazine rings is 1. The number of aliphatic imine (C=N–C) groups is 1. The Hall–Kier alpha value is -1.09. The number of para-hydroxylation sites is 1. The van der Waals surface area contributed by atoms with Gasteiger partial charge in [-0.15, -0.1) is 24.0 Å². The molecular weight excluding hydrogens is 434 g/mol. The lowest BCUT2D eigenvalue weighted by Gasteiger charge is -2.37. The van der Waals surface area contributed by atoms with Crippen molar-refractivity contribution in [1.82, 2.24) is 10.2 Å². The van der Waals surface area contributed by atoms with E-state index in [1.165, 1.54) is 6.07 Å². The molecule has 1 aromatic carbocycles. The molecule has 1 aliphatic heterocycles. The van der Waals surface area contributed by atoms with Crippen LogP contribution in [0.5, 0.6) is 0 Å². The van der Waals surface area contributed by atoms with Crippen LogP contribution < -0.4 is 10.2 Å². The number of hydrogen-bond donors (Lipinski definition) is 1. The predicted molar refractivity (Wildman–Crippen MR) is 113 cm³/mol. The lowest BCUT2D eigenvalue weighted by molar-refractivity contribution is 0.135. The maximum Gasteiger partial charge on any atom is 0.193 e. The molecule has 7 heteroatoms. The molecule has 0 atom stereocenters. The first-order valence-electron chi connectivity index (χ1n) is 8.79. The van der Waals surface area contributed by atoms with Crippen LogP contribution in [-0.4, -0.2) is 63.8 Å². The Morgan fingerprint density at radius 2 is 1.92 bits per heavy atom. The minimum atomic E-state index is -0.155. The van der Waals surface area contributed by atoms with Crippen molar-refractivity contribution in [3.05, 3.63) is 30.1 Å². The standard InChI is InChI=1S/C18H29FN4O.HI/c1-3-4-14-24-15-9-21-18(20-2)23-12-10-22(11-13-23)17-8-6-5-7-16(17)19;/h5-8H,3-4,9-15H2,1-2H3,(H,20,21);1H. The topological polar surface area (TPSA) is 40.1 Å². The van der Waals surface area contributed by atoms with Crippen molar-refractivity contribution in [3.63, 3.8) is 0 Å². The summed E-state index contributed by atoms with van der Waals surface area (Å²) in [4.78, 5) is 8.65. The highest BCUT2D eigenvalue weighted by atomic mass is 127. The average Bonchev–Trinajstić information content (AvgIpc) is 2.62. The van der Waals surface area contributed by atoms with Gasteiger partial charge in [0, 0.05) is 46.4 Å². The van der Waals surface area contributed by atoms with Gasteiger partial charge < -0.3 is 19.9 Å². The van der Waals surface area contributed by atoms with Crippen LogP contribution in [0.1, 0.15) is 19.8 Å². The van der Waals surface area contributed by atoms with Gasteiger partial charge in [-0.1, -0.05) is 25.5 Å². The van der Waals surface area contributed by atoms with Crippen LogP contribution in [0.2, 0.25) is 0 Å². The minimum Gasteiger partial charge on any atom is -0.380 e. The maximum atomic E-state index is 13.9. The van der Waals surface area contributed by atoms with E-state index in [-0.39, 0.29) is 29.8 Å². The number of ether oxygens (including phenoxy) is 1. The van der Waals surface area contributed by atoms with Gasteiger partial charge in [0.05, 0.1) is 12.3 Å². The zero-order valence-corrected chi connectivity index (χ0v) is 17.5. The van der Waals surface area contributed by atoms with Crippen LogP contribution in [0.4, 0.5) is 10.1 Å². The first-order chi connectivity index (χ1) is 11.8. The lowest BCUT2D eigenvalue weighted by Crippen LogP contribution is -2.53. The number of unbranched alkanes of at least 4 members (excludes halogenated alkanes) is 1. The van der Waals surface area contributed by atoms with Gasteiger partial charge in [-0.2, -0.15) is 0 Å². The fraction of sp³-hybridized carbons (Fsp3) is 0.611. The van der Waals surface area contributed by atoms with Gasteiger partial charge in [0.25, 0.3) is 0 Å². The molecule has 0 spiro atoms. The third-order valence-corrected chi connectivity index (χ3v) is 4.16. The van der Waals surface area contributed by atoms with Crippen molar-refractivity contribution >= 4 is 35.6 Å². The molecule has 2 rings (SSSR count). The fourth-order valence-electron chi connectivity index (χ4n) is 2.78. The predicted octanol–water partition coefficient (Wildman–Crippen LogP) is 2.96. The van der Waals surface area contributed by atoms with Gasteiger partial charge in [0.15, 0.2) is 5.96 Å². The van der Waals surface area contributed by atoms with E-state index in [0.29, 0.717) is 12.3 Å². The third-order valence-electron chi connectivity index (χ3n) is 4.16. The van der Waals surface area contributed by atoms with E-state index in [1.54, 1.807) is 13.1 Å². The van der Waals surface area contributed by atoms with E-state index >= 15 is 0 Å². The van der Waals surface area contributed by atoms with Gasteiger partial charge in [-0.05, 0) is 18.6 Å². The second-order valence-electron chi connectivity index (χ2n) is 5.87. The number of guanidine groups is 1. The molecule has 1 aliphatic rings. The molecule has 0 amide bonds. The summed E-state index contributed by atoms with van der Waals surface area (Å²) in [6.45, 7) is 7.64. The maximum absolute atomic E-state index is 13.9. The summed E-state index contributed by atoms with van der Waals surface area (Å²) in [6, 6.07) is 6.96. The molecule has 0 unspecified atom stereocenters. The SMILES string of the molecule is CCCCOCCNC(=NC)N1CCN(c2ccccc2F)CC1.I. The van der Waals surface area contributed by atoms with Crippen molar-refractivity contribution in [2.24, 2.45) is 4.99 Å². The molecule has 0 aromatic heterocycles. The Morgan fingerprint density at radius 1 is 1.20 bits per heavy atom. The monoisotopic (exact) mass is 464 g/mol. The number of nitrogens with zero attached hydrogens (tertiary/aromatic N) is 3. The Morgan fingerprint density at radius 3 is 2.56 bits per heavy atom. The number of nitrogens with one attached hydrogen (secondary N) is 1. The largest absolute Gasteiger partial charge is 0.380 e. The molecule has 1 aromatic rings. The first-order valence-corrected chi connectivity index (χ1v) is 8.79. The molecule has 1 N–H and O–H groups in total. The van der Waals surface area contributed by atoms with Crippen molar-refractivity contribution < 1.29 is 9.13 Å². The number of hydrogen-bond acceptors (Lipinski definition) is 3. The third kappa shape index (κ3) is 6.97. The molecule has 1 saturated heterocycles. The van der Waals surface area contributed by atoms with E-state index in [2.05, 4.69) is 27.0 Å². The minimum absolute atomic E-state index is 0. The highest BCUT2D eigenvalue weighted by Gasteiger charge is 2.21. The molecule has 1 fully saturated rings. The highest BCUT2D eigenvalue weighted by Crippen LogP contribution is 2.20. The Labute approximate surface area is 167 Å². The molecular formula is C18H30FIN4O. The summed E-state index contributed by atoms with van der Waals surface area (Å²) in [5, 5.41) is 3.34. The second kappa shape index (κ2) is 12.3. The van der Waals surface area contributed by atoms with Gasteiger partial charge in [-0.3, -0.25) is 4.99 Å². The molecule has 25 heavy (non-hydrogen) atoms. The second-order valence-corrected chi connectivity index (χ2v) is 5.87. The molecule has 0 aliphatic carbocycles. The molecule has 1 heterocycles. The van der Waals surface area contributed by atoms with E-state index in [1.807, 2.05) is 12.1 Å². The van der Waals surface area contributed by atoms with Gasteiger partial charge in [0.2, 0.25) is 0 Å². The summed E-state index contributed by atoms with van der Waals surface area (Å²) in [5.74, 6) is 0.736. The average molecular weight is 464 g/mol. The van der Waals surface area contributed by atoms with Gasteiger partial charge in [0.1, 0.15) is 5.82 Å². The summed E-state index contributed by atoms with van der Waals surface area (Å²) in [7, 11) is 1.80. The molecule has 0 bridgehead atoms.